The molecule has 1 aromatic carbocycles. The molecule has 6 nitrogen and oxygen atoms in total. The minimum absolute atomic E-state index is 0.112. The Labute approximate surface area is 202 Å². The molecular weight excluding hydrogens is 422 g/mol. The Bertz CT molecular complexity index is 1150. The summed E-state index contributed by atoms with van der Waals surface area (Å²) in [6, 6.07) is 11.1. The summed E-state index contributed by atoms with van der Waals surface area (Å²) >= 11 is 0. The number of carbonyl (C=O) groups is 1. The van der Waals surface area contributed by atoms with Crippen molar-refractivity contribution < 1.29 is 4.79 Å². The molecule has 1 N–H and O–H groups in total. The van der Waals surface area contributed by atoms with Crippen molar-refractivity contribution in [1.29, 1.82) is 0 Å². The molecule has 2 fully saturated rings. The van der Waals surface area contributed by atoms with Crippen LogP contribution in [0.3, 0.4) is 0 Å². The Morgan fingerprint density at radius 3 is 2.24 bits per heavy atom. The molecule has 0 radical (unpaired) electrons. The Morgan fingerprint density at radius 1 is 0.882 bits per heavy atom. The molecule has 1 amide bonds. The number of aryl methyl sites for hydroxylation is 3. The van der Waals surface area contributed by atoms with E-state index in [0.717, 1.165) is 67.2 Å². The summed E-state index contributed by atoms with van der Waals surface area (Å²) in [6.07, 6.45) is 9.15. The van der Waals surface area contributed by atoms with Gasteiger partial charge in [0.2, 0.25) is 5.91 Å². The third-order valence-corrected chi connectivity index (χ3v) is 7.45. The maximum atomic E-state index is 12.9. The number of piperidine rings is 1. The summed E-state index contributed by atoms with van der Waals surface area (Å²) < 4.78 is 1.98. The second kappa shape index (κ2) is 9.77. The van der Waals surface area contributed by atoms with Crippen molar-refractivity contribution in [3.05, 3.63) is 47.2 Å². The van der Waals surface area contributed by atoms with Crippen LogP contribution in [0.15, 0.2) is 30.3 Å². The molecule has 2 aliphatic rings. The van der Waals surface area contributed by atoms with Crippen LogP contribution in [0.5, 0.6) is 0 Å². The highest BCUT2D eigenvalue weighted by molar-refractivity contribution is 5.79. The van der Waals surface area contributed by atoms with Gasteiger partial charge < -0.3 is 10.2 Å². The quantitative estimate of drug-likeness (QED) is 0.532. The second-order valence-electron chi connectivity index (χ2n) is 10.4. The molecule has 0 bridgehead atoms. The first-order chi connectivity index (χ1) is 16.5. The normalized spacial score (nSPS) is 18.3. The summed E-state index contributed by atoms with van der Waals surface area (Å²) in [5, 5.41) is 8.32. The predicted octanol–water partition coefficient (Wildman–Crippen LogP) is 5.38. The fraction of sp³-hybridized carbons (Fsp3) is 0.536. The Hall–Kier alpha value is -2.89. The SMILES string of the molecule is Cc1cc(C)cc(-c2cc3nc(C)cc(N4CCC(C(=O)NC5CCCCCC5)CC4)n3n2)c1. The van der Waals surface area contributed by atoms with Crippen LogP contribution in [-0.4, -0.2) is 39.6 Å². The van der Waals surface area contributed by atoms with E-state index in [9.17, 15) is 4.79 Å². The van der Waals surface area contributed by atoms with Gasteiger partial charge in [0.15, 0.2) is 5.65 Å². The summed E-state index contributed by atoms with van der Waals surface area (Å²) in [4.78, 5) is 20.1. The number of nitrogens with one attached hydrogen (secondary N) is 1. The lowest BCUT2D eigenvalue weighted by Gasteiger charge is -2.33. The molecule has 3 aromatic rings. The zero-order chi connectivity index (χ0) is 23.7. The number of hydrogen-bond donors (Lipinski definition) is 1. The first-order valence-electron chi connectivity index (χ1n) is 13.0. The Balaban J connectivity index is 1.31. The largest absolute Gasteiger partial charge is 0.356 e. The van der Waals surface area contributed by atoms with Crippen molar-refractivity contribution in [3.63, 3.8) is 0 Å². The first kappa shape index (κ1) is 22.9. The van der Waals surface area contributed by atoms with Crippen LogP contribution >= 0.6 is 0 Å². The van der Waals surface area contributed by atoms with Gasteiger partial charge in [-0.25, -0.2) is 4.98 Å². The van der Waals surface area contributed by atoms with Crippen LogP contribution in [0.4, 0.5) is 5.82 Å². The van der Waals surface area contributed by atoms with Gasteiger partial charge in [-0.1, -0.05) is 42.9 Å². The van der Waals surface area contributed by atoms with Crippen LogP contribution < -0.4 is 10.2 Å². The molecule has 1 aliphatic carbocycles. The van der Waals surface area contributed by atoms with E-state index in [1.54, 1.807) is 0 Å². The van der Waals surface area contributed by atoms with Gasteiger partial charge in [0.05, 0.1) is 5.69 Å². The third-order valence-electron chi connectivity index (χ3n) is 7.45. The molecule has 1 saturated heterocycles. The van der Waals surface area contributed by atoms with Gasteiger partial charge in [-0.15, -0.1) is 0 Å². The smallest absolute Gasteiger partial charge is 0.223 e. The summed E-state index contributed by atoms with van der Waals surface area (Å²) in [6.45, 7) is 8.01. The Kier molecular flexibility index (Phi) is 6.57. The van der Waals surface area contributed by atoms with Crippen LogP contribution in [0.2, 0.25) is 0 Å². The van der Waals surface area contributed by atoms with Crippen LogP contribution in [0.1, 0.15) is 68.2 Å². The van der Waals surface area contributed by atoms with Crippen molar-refractivity contribution in [1.82, 2.24) is 19.9 Å². The van der Waals surface area contributed by atoms with Crippen LogP contribution in [0.25, 0.3) is 16.9 Å². The maximum absolute atomic E-state index is 12.9. The third kappa shape index (κ3) is 4.96. The molecule has 5 rings (SSSR count). The minimum atomic E-state index is 0.112. The molecule has 2 aromatic heterocycles. The number of benzene rings is 1. The molecule has 34 heavy (non-hydrogen) atoms. The monoisotopic (exact) mass is 459 g/mol. The highest BCUT2D eigenvalue weighted by atomic mass is 16.1. The fourth-order valence-electron chi connectivity index (χ4n) is 5.68. The van der Waals surface area contributed by atoms with E-state index in [4.69, 9.17) is 10.1 Å². The molecule has 0 atom stereocenters. The summed E-state index contributed by atoms with van der Waals surface area (Å²) in [5.74, 6) is 1.45. The van der Waals surface area contributed by atoms with Crippen molar-refractivity contribution in [2.24, 2.45) is 5.92 Å². The number of aromatic nitrogens is 3. The lowest BCUT2D eigenvalue weighted by molar-refractivity contribution is -0.126. The maximum Gasteiger partial charge on any atom is 0.223 e. The zero-order valence-corrected chi connectivity index (χ0v) is 20.8. The van der Waals surface area contributed by atoms with Gasteiger partial charge in [0.1, 0.15) is 5.82 Å². The first-order valence-corrected chi connectivity index (χ1v) is 13.0. The highest BCUT2D eigenvalue weighted by Gasteiger charge is 2.28. The molecule has 1 saturated carbocycles. The average Bonchev–Trinajstić information content (AvgIpc) is 3.07. The highest BCUT2D eigenvalue weighted by Crippen LogP contribution is 2.28. The molecule has 0 spiro atoms. The molecule has 0 unspecified atom stereocenters. The summed E-state index contributed by atoms with van der Waals surface area (Å²) in [7, 11) is 0. The number of amides is 1. The van der Waals surface area contributed by atoms with Crippen molar-refractivity contribution >= 4 is 17.4 Å². The lowest BCUT2D eigenvalue weighted by atomic mass is 9.95. The Morgan fingerprint density at radius 2 is 1.56 bits per heavy atom. The lowest BCUT2D eigenvalue weighted by Crippen LogP contribution is -2.44. The van der Waals surface area contributed by atoms with Gasteiger partial charge in [-0.3, -0.25) is 4.79 Å². The van der Waals surface area contributed by atoms with Crippen molar-refractivity contribution in [2.75, 3.05) is 18.0 Å². The van der Waals surface area contributed by atoms with Gasteiger partial charge in [0.25, 0.3) is 0 Å². The molecule has 180 valence electrons. The van der Waals surface area contributed by atoms with E-state index in [2.05, 4.69) is 54.4 Å². The second-order valence-corrected chi connectivity index (χ2v) is 10.4. The van der Waals surface area contributed by atoms with E-state index in [-0.39, 0.29) is 11.8 Å². The van der Waals surface area contributed by atoms with Gasteiger partial charge in [0, 0.05) is 48.4 Å². The number of rotatable bonds is 4. The number of nitrogens with zero attached hydrogens (tertiary/aromatic N) is 4. The van der Waals surface area contributed by atoms with Crippen LogP contribution in [0, 0.1) is 26.7 Å². The molecular formula is C28H37N5O. The number of carbonyl (C=O) groups excluding carboxylic acids is 1. The van der Waals surface area contributed by atoms with E-state index >= 15 is 0 Å². The van der Waals surface area contributed by atoms with E-state index in [1.165, 1.54) is 36.8 Å². The number of hydrogen-bond acceptors (Lipinski definition) is 4. The van der Waals surface area contributed by atoms with Crippen molar-refractivity contribution in [2.45, 2.75) is 78.2 Å². The predicted molar refractivity (Wildman–Crippen MR) is 137 cm³/mol. The van der Waals surface area contributed by atoms with Gasteiger partial charge >= 0.3 is 0 Å². The number of anilines is 1. The summed E-state index contributed by atoms with van der Waals surface area (Å²) in [5.41, 5.74) is 6.41. The fourth-order valence-corrected chi connectivity index (χ4v) is 5.68. The topological polar surface area (TPSA) is 62.5 Å². The van der Waals surface area contributed by atoms with Crippen molar-refractivity contribution in [3.8, 4) is 11.3 Å². The van der Waals surface area contributed by atoms with E-state index < -0.39 is 0 Å². The average molecular weight is 460 g/mol. The van der Waals surface area contributed by atoms with Gasteiger partial charge in [-0.2, -0.15) is 9.61 Å². The van der Waals surface area contributed by atoms with E-state index in [1.807, 2.05) is 11.4 Å². The van der Waals surface area contributed by atoms with Crippen LogP contribution in [-0.2, 0) is 4.79 Å². The zero-order valence-electron chi connectivity index (χ0n) is 20.8. The molecule has 3 heterocycles. The standard InChI is InChI=1S/C28H37N5O/c1-19-14-20(2)16-23(15-19)25-18-26-29-21(3)17-27(33(26)31-25)32-12-10-22(11-13-32)28(34)30-24-8-6-4-5-7-9-24/h14-18,22,24H,4-13H2,1-3H3,(H,30,34). The molecule has 6 heteroatoms. The van der Waals surface area contributed by atoms with E-state index in [0.29, 0.717) is 6.04 Å². The number of fused-ring (bicyclic) bond motifs is 1. The minimum Gasteiger partial charge on any atom is -0.356 e. The molecule has 1 aliphatic heterocycles. The van der Waals surface area contributed by atoms with Gasteiger partial charge in [-0.05, 0) is 58.6 Å².